The van der Waals surface area contributed by atoms with E-state index < -0.39 is 10.0 Å². The van der Waals surface area contributed by atoms with Gasteiger partial charge in [0, 0.05) is 36.0 Å². The van der Waals surface area contributed by atoms with Crippen LogP contribution in [0.2, 0.25) is 5.02 Å². The van der Waals surface area contributed by atoms with Gasteiger partial charge in [-0.15, -0.1) is 0 Å². The summed E-state index contributed by atoms with van der Waals surface area (Å²) < 4.78 is 31.0. The highest BCUT2D eigenvalue weighted by molar-refractivity contribution is 7.98. The summed E-state index contributed by atoms with van der Waals surface area (Å²) in [5, 5.41) is 3.62. The monoisotopic (exact) mass is 470 g/mol. The highest BCUT2D eigenvalue weighted by atomic mass is 35.5. The van der Waals surface area contributed by atoms with Crippen LogP contribution < -0.4 is 14.4 Å². The zero-order valence-corrected chi connectivity index (χ0v) is 19.5. The largest absolute Gasteiger partial charge is 0.495 e. The zero-order chi connectivity index (χ0) is 22.0. The van der Waals surface area contributed by atoms with E-state index in [1.54, 1.807) is 36.0 Å². The Morgan fingerprint density at radius 3 is 2.57 bits per heavy atom. The molecule has 0 fully saturated rings. The number of nitrogens with zero attached hydrogens (tertiary/aromatic N) is 1. The van der Waals surface area contributed by atoms with Crippen molar-refractivity contribution in [3.05, 3.63) is 59.1 Å². The van der Waals surface area contributed by atoms with Crippen molar-refractivity contribution in [1.82, 2.24) is 5.32 Å². The summed E-state index contributed by atoms with van der Waals surface area (Å²) in [5.41, 5.74) is 1.55. The molecule has 0 aliphatic heterocycles. The normalized spacial score (nSPS) is 11.2. The van der Waals surface area contributed by atoms with Crippen molar-refractivity contribution in [2.75, 3.05) is 36.5 Å². The number of rotatable bonds is 12. The number of anilines is 1. The number of hydrogen-bond donors (Lipinski definition) is 1. The molecule has 0 bridgehead atoms. The number of para-hydroxylation sites is 2. The van der Waals surface area contributed by atoms with Gasteiger partial charge in [-0.05, 0) is 30.2 Å². The number of ether oxygens (including phenoxy) is 1. The van der Waals surface area contributed by atoms with Gasteiger partial charge in [0.15, 0.2) is 0 Å². The van der Waals surface area contributed by atoms with Gasteiger partial charge in [0.1, 0.15) is 5.75 Å². The maximum Gasteiger partial charge on any atom is 0.232 e. The number of carbonyl (C=O) groups excluding carboxylic acids is 1. The van der Waals surface area contributed by atoms with Crippen LogP contribution in [0.3, 0.4) is 0 Å². The average Bonchev–Trinajstić information content (AvgIpc) is 2.71. The van der Waals surface area contributed by atoms with Crippen LogP contribution in [0.1, 0.15) is 18.4 Å². The van der Waals surface area contributed by atoms with E-state index in [-0.39, 0.29) is 18.9 Å². The molecule has 0 heterocycles. The molecular formula is C21H27ClN2O4S2. The molecule has 2 rings (SSSR count). The third kappa shape index (κ3) is 7.74. The molecule has 6 nitrogen and oxygen atoms in total. The molecule has 30 heavy (non-hydrogen) atoms. The molecule has 0 atom stereocenters. The molecule has 164 valence electrons. The zero-order valence-electron chi connectivity index (χ0n) is 17.1. The third-order valence-electron chi connectivity index (χ3n) is 4.30. The Morgan fingerprint density at radius 2 is 1.87 bits per heavy atom. The summed E-state index contributed by atoms with van der Waals surface area (Å²) in [4.78, 5) is 12.1. The number of nitrogens with one attached hydrogen (secondary N) is 1. The minimum absolute atomic E-state index is 0.0955. The minimum atomic E-state index is -3.50. The van der Waals surface area contributed by atoms with Crippen LogP contribution in [0.25, 0.3) is 0 Å². The number of thioether (sulfide) groups is 1. The number of halogens is 1. The Hall–Kier alpha value is -1.90. The summed E-state index contributed by atoms with van der Waals surface area (Å²) in [6, 6.07) is 14.6. The van der Waals surface area contributed by atoms with Crippen molar-refractivity contribution < 1.29 is 17.9 Å². The Kier molecular flexibility index (Phi) is 9.81. The Morgan fingerprint density at radius 1 is 1.17 bits per heavy atom. The standard InChI is InChI=1S/C21H27ClN2O4S2/c1-28-20-11-6-5-10-19(20)24(30(2,26)27)14-7-12-21(25)23-13-15-29-16-17-8-3-4-9-18(17)22/h3-6,8-11H,7,12-16H2,1-2H3,(H,23,25). The lowest BCUT2D eigenvalue weighted by Gasteiger charge is -2.24. The van der Waals surface area contributed by atoms with Crippen molar-refractivity contribution in [3.8, 4) is 5.75 Å². The molecule has 0 saturated carbocycles. The first kappa shape index (κ1) is 24.4. The fourth-order valence-electron chi connectivity index (χ4n) is 2.83. The summed E-state index contributed by atoms with van der Waals surface area (Å²) in [5.74, 6) is 1.94. The molecule has 0 radical (unpaired) electrons. The van der Waals surface area contributed by atoms with Gasteiger partial charge < -0.3 is 10.1 Å². The van der Waals surface area contributed by atoms with E-state index >= 15 is 0 Å². The summed E-state index contributed by atoms with van der Waals surface area (Å²) in [7, 11) is -2.00. The quantitative estimate of drug-likeness (QED) is 0.475. The average molecular weight is 471 g/mol. The van der Waals surface area contributed by atoms with Crippen LogP contribution in [0.15, 0.2) is 48.5 Å². The number of hydrogen-bond acceptors (Lipinski definition) is 5. The first-order valence-electron chi connectivity index (χ1n) is 9.51. The first-order valence-corrected chi connectivity index (χ1v) is 12.9. The first-order chi connectivity index (χ1) is 14.3. The van der Waals surface area contributed by atoms with Crippen molar-refractivity contribution >= 4 is 45.0 Å². The molecule has 2 aromatic carbocycles. The van der Waals surface area contributed by atoms with Crippen LogP contribution in [0.5, 0.6) is 5.75 Å². The van der Waals surface area contributed by atoms with E-state index in [1.807, 2.05) is 24.3 Å². The van der Waals surface area contributed by atoms with Crippen molar-refractivity contribution in [1.29, 1.82) is 0 Å². The summed E-state index contributed by atoms with van der Waals surface area (Å²) in [6.07, 6.45) is 1.80. The van der Waals surface area contributed by atoms with E-state index in [4.69, 9.17) is 16.3 Å². The maximum absolute atomic E-state index is 12.2. The fraction of sp³-hybridized carbons (Fsp3) is 0.381. The maximum atomic E-state index is 12.2. The van der Waals surface area contributed by atoms with Gasteiger partial charge in [-0.2, -0.15) is 11.8 Å². The predicted octanol–water partition coefficient (Wildman–Crippen LogP) is 3.94. The molecule has 0 saturated heterocycles. The lowest BCUT2D eigenvalue weighted by atomic mass is 10.2. The molecular weight excluding hydrogens is 444 g/mol. The van der Waals surface area contributed by atoms with Gasteiger partial charge in [-0.25, -0.2) is 8.42 Å². The summed E-state index contributed by atoms with van der Waals surface area (Å²) >= 11 is 7.82. The second-order valence-electron chi connectivity index (χ2n) is 6.60. The second-order valence-corrected chi connectivity index (χ2v) is 10.0. The number of methoxy groups -OCH3 is 1. The van der Waals surface area contributed by atoms with Crippen molar-refractivity contribution in [2.45, 2.75) is 18.6 Å². The van der Waals surface area contributed by atoms with E-state index in [9.17, 15) is 13.2 Å². The lowest BCUT2D eigenvalue weighted by Crippen LogP contribution is -2.32. The Bertz CT molecular complexity index is 938. The highest BCUT2D eigenvalue weighted by Crippen LogP contribution is 2.29. The third-order valence-corrected chi connectivity index (χ3v) is 6.86. The van der Waals surface area contributed by atoms with Gasteiger partial charge in [0.25, 0.3) is 0 Å². The van der Waals surface area contributed by atoms with Gasteiger partial charge in [-0.1, -0.05) is 41.9 Å². The van der Waals surface area contributed by atoms with E-state index in [1.165, 1.54) is 11.4 Å². The molecule has 0 aliphatic rings. The second kappa shape index (κ2) is 12.1. The van der Waals surface area contributed by atoms with Crippen LogP contribution in [0.4, 0.5) is 5.69 Å². The highest BCUT2D eigenvalue weighted by Gasteiger charge is 2.20. The van der Waals surface area contributed by atoms with Crippen molar-refractivity contribution in [3.63, 3.8) is 0 Å². The molecule has 0 unspecified atom stereocenters. The number of amides is 1. The molecule has 9 heteroatoms. The minimum Gasteiger partial charge on any atom is -0.495 e. The van der Waals surface area contributed by atoms with Gasteiger partial charge in [0.05, 0.1) is 19.1 Å². The predicted molar refractivity (Wildman–Crippen MR) is 125 cm³/mol. The van der Waals surface area contributed by atoms with Crippen LogP contribution in [-0.2, 0) is 20.6 Å². The SMILES string of the molecule is COc1ccccc1N(CCCC(=O)NCCSCc1ccccc1Cl)S(C)(=O)=O. The van der Waals surface area contributed by atoms with E-state index in [2.05, 4.69) is 5.32 Å². The van der Waals surface area contributed by atoms with Gasteiger partial charge >= 0.3 is 0 Å². The van der Waals surface area contributed by atoms with E-state index in [0.717, 1.165) is 28.3 Å². The molecule has 1 N–H and O–H groups in total. The number of carbonyl (C=O) groups is 1. The van der Waals surface area contributed by atoms with Gasteiger partial charge in [0.2, 0.25) is 15.9 Å². The fourth-order valence-corrected chi connectivity index (χ4v) is 4.95. The van der Waals surface area contributed by atoms with Gasteiger partial charge in [-0.3, -0.25) is 9.10 Å². The van der Waals surface area contributed by atoms with Crippen LogP contribution in [0, 0.1) is 0 Å². The smallest absolute Gasteiger partial charge is 0.232 e. The van der Waals surface area contributed by atoms with Crippen LogP contribution >= 0.6 is 23.4 Å². The topological polar surface area (TPSA) is 75.7 Å². The van der Waals surface area contributed by atoms with E-state index in [0.29, 0.717) is 24.4 Å². The van der Waals surface area contributed by atoms with Crippen LogP contribution in [-0.4, -0.2) is 46.5 Å². The number of sulfonamides is 1. The molecule has 0 aromatic heterocycles. The number of benzene rings is 2. The Balaban J connectivity index is 1.74. The summed E-state index contributed by atoms with van der Waals surface area (Å²) in [6.45, 7) is 0.754. The van der Waals surface area contributed by atoms with Crippen molar-refractivity contribution in [2.24, 2.45) is 0 Å². The Labute approximate surface area is 188 Å². The molecule has 0 aliphatic carbocycles. The molecule has 2 aromatic rings. The molecule has 1 amide bonds. The molecule has 0 spiro atoms. The lowest BCUT2D eigenvalue weighted by molar-refractivity contribution is -0.121.